The van der Waals surface area contributed by atoms with Crippen LogP contribution in [0.3, 0.4) is 0 Å². The van der Waals surface area contributed by atoms with Crippen molar-refractivity contribution in [3.8, 4) is 0 Å². The highest BCUT2D eigenvalue weighted by Gasteiger charge is 2.13. The first-order valence-corrected chi connectivity index (χ1v) is 7.15. The van der Waals surface area contributed by atoms with Gasteiger partial charge >= 0.3 is 5.69 Å². The Morgan fingerprint density at radius 2 is 2.21 bits per heavy atom. The lowest BCUT2D eigenvalue weighted by molar-refractivity contribution is 0.686. The molecule has 2 heterocycles. The number of hydrogen-bond acceptors (Lipinski definition) is 4. The van der Waals surface area contributed by atoms with Crippen LogP contribution in [0.25, 0.3) is 0 Å². The third kappa shape index (κ3) is 2.96. The second-order valence-electron chi connectivity index (χ2n) is 4.21. The predicted octanol–water partition coefficient (Wildman–Crippen LogP) is 1.96. The van der Waals surface area contributed by atoms with Crippen molar-refractivity contribution < 1.29 is 0 Å². The van der Waals surface area contributed by atoms with Crippen LogP contribution in [-0.4, -0.2) is 14.5 Å². The number of rotatable bonds is 4. The van der Waals surface area contributed by atoms with Gasteiger partial charge in [-0.1, -0.05) is 24.9 Å². The topological polar surface area (TPSA) is 67.8 Å². The van der Waals surface area contributed by atoms with E-state index >= 15 is 0 Å². The molecule has 0 radical (unpaired) electrons. The first kappa shape index (κ1) is 14.0. The van der Waals surface area contributed by atoms with Crippen molar-refractivity contribution in [2.24, 2.45) is 0 Å². The van der Waals surface area contributed by atoms with Gasteiger partial charge in [-0.05, 0) is 13.3 Å². The van der Waals surface area contributed by atoms with Crippen molar-refractivity contribution >= 4 is 22.9 Å². The number of nitrogens with zero attached hydrogens (tertiary/aromatic N) is 2. The van der Waals surface area contributed by atoms with Crippen LogP contribution in [0, 0.1) is 6.92 Å². The highest BCUT2D eigenvalue weighted by Crippen LogP contribution is 2.13. The lowest BCUT2D eigenvalue weighted by atomic mass is 10.2. The highest BCUT2D eigenvalue weighted by atomic mass is 35.5. The molecule has 2 rings (SSSR count). The molecule has 7 heteroatoms. The maximum absolute atomic E-state index is 12.3. The summed E-state index contributed by atoms with van der Waals surface area (Å²) in [6.45, 7) is 4.07. The normalized spacial score (nSPS) is 10.9. The quantitative estimate of drug-likeness (QED) is 0.878. The molecule has 102 valence electrons. The molecule has 1 N–H and O–H groups in total. The summed E-state index contributed by atoms with van der Waals surface area (Å²) in [5, 5.41) is 1.05. The maximum Gasteiger partial charge on any atom is 0.329 e. The molecular weight excluding hydrogens is 286 g/mol. The van der Waals surface area contributed by atoms with Gasteiger partial charge in [-0.2, -0.15) is 0 Å². The van der Waals surface area contributed by atoms with Gasteiger partial charge in [-0.25, -0.2) is 9.78 Å². The number of aromatic amines is 1. The van der Waals surface area contributed by atoms with Crippen LogP contribution in [-0.2, 0) is 13.0 Å². The van der Waals surface area contributed by atoms with E-state index < -0.39 is 5.69 Å². The van der Waals surface area contributed by atoms with Gasteiger partial charge in [0.2, 0.25) is 0 Å². The Balaban J connectivity index is 2.48. The summed E-state index contributed by atoms with van der Waals surface area (Å²) in [6.07, 6.45) is 3.02. The van der Waals surface area contributed by atoms with Crippen LogP contribution in [0.15, 0.2) is 15.8 Å². The fraction of sp³-hybridized carbons (Fsp3) is 0.417. The molecule has 0 saturated heterocycles. The summed E-state index contributed by atoms with van der Waals surface area (Å²) in [7, 11) is 0. The predicted molar refractivity (Wildman–Crippen MR) is 76.3 cm³/mol. The third-order valence-corrected chi connectivity index (χ3v) is 3.93. The second-order valence-corrected chi connectivity index (χ2v) is 5.91. The Labute approximate surface area is 118 Å². The lowest BCUT2D eigenvalue weighted by Crippen LogP contribution is -2.37. The van der Waals surface area contributed by atoms with Gasteiger partial charge in [0.15, 0.2) is 0 Å². The molecule has 0 aliphatic carbocycles. The molecule has 0 amide bonds. The summed E-state index contributed by atoms with van der Waals surface area (Å²) in [5.74, 6) is 0. The van der Waals surface area contributed by atoms with E-state index in [4.69, 9.17) is 11.6 Å². The van der Waals surface area contributed by atoms with E-state index in [0.29, 0.717) is 12.0 Å². The Bertz CT molecular complexity index is 702. The van der Waals surface area contributed by atoms with Gasteiger partial charge in [-0.15, -0.1) is 11.3 Å². The van der Waals surface area contributed by atoms with Gasteiger partial charge in [0.25, 0.3) is 5.56 Å². The molecule has 0 unspecified atom stereocenters. The molecule has 2 aromatic heterocycles. The van der Waals surface area contributed by atoms with Crippen LogP contribution in [0.4, 0.5) is 0 Å². The molecule has 19 heavy (non-hydrogen) atoms. The summed E-state index contributed by atoms with van der Waals surface area (Å²) in [4.78, 5) is 31.6. The standard InChI is InChI=1S/C12H14ClN3O2S/c1-3-4-9-10(13)15-12(18)16(11(9)17)6-8-5-14-7(2)19-8/h5H,3-4,6H2,1-2H3,(H,15,18). The zero-order chi connectivity index (χ0) is 14.0. The van der Waals surface area contributed by atoms with Crippen molar-refractivity contribution in [3.63, 3.8) is 0 Å². The minimum absolute atomic E-state index is 0.147. The number of aryl methyl sites for hydroxylation is 1. The number of halogens is 1. The molecular formula is C12H14ClN3O2S. The second kappa shape index (κ2) is 5.71. The summed E-state index contributed by atoms with van der Waals surface area (Å²) >= 11 is 7.38. The van der Waals surface area contributed by atoms with E-state index in [2.05, 4.69) is 9.97 Å². The van der Waals surface area contributed by atoms with E-state index in [0.717, 1.165) is 16.3 Å². The van der Waals surface area contributed by atoms with Crippen molar-refractivity contribution in [3.05, 3.63) is 47.6 Å². The molecule has 0 bridgehead atoms. The minimum atomic E-state index is -0.485. The summed E-state index contributed by atoms with van der Waals surface area (Å²) in [6, 6.07) is 0. The Morgan fingerprint density at radius 3 is 2.79 bits per heavy atom. The Kier molecular flexibility index (Phi) is 4.21. The largest absolute Gasteiger partial charge is 0.329 e. The fourth-order valence-electron chi connectivity index (χ4n) is 1.83. The molecule has 0 aliphatic rings. The Morgan fingerprint density at radius 1 is 1.47 bits per heavy atom. The average molecular weight is 300 g/mol. The van der Waals surface area contributed by atoms with Gasteiger partial charge < -0.3 is 0 Å². The van der Waals surface area contributed by atoms with Crippen LogP contribution < -0.4 is 11.2 Å². The first-order chi connectivity index (χ1) is 9.02. The smallest absolute Gasteiger partial charge is 0.297 e. The van der Waals surface area contributed by atoms with E-state index in [9.17, 15) is 9.59 Å². The lowest BCUT2D eigenvalue weighted by Gasteiger charge is -2.07. The number of hydrogen-bond donors (Lipinski definition) is 1. The van der Waals surface area contributed by atoms with Crippen molar-refractivity contribution in [1.82, 2.24) is 14.5 Å². The van der Waals surface area contributed by atoms with Gasteiger partial charge in [0.05, 0.1) is 17.1 Å². The average Bonchev–Trinajstić information content (AvgIpc) is 2.76. The van der Waals surface area contributed by atoms with Crippen LogP contribution in [0.2, 0.25) is 5.15 Å². The molecule has 0 aromatic carbocycles. The first-order valence-electron chi connectivity index (χ1n) is 5.95. The fourth-order valence-corrected chi connectivity index (χ4v) is 2.87. The zero-order valence-corrected chi connectivity index (χ0v) is 12.3. The van der Waals surface area contributed by atoms with Gasteiger partial charge in [0, 0.05) is 11.1 Å². The van der Waals surface area contributed by atoms with Crippen molar-refractivity contribution in [1.29, 1.82) is 0 Å². The summed E-state index contributed by atoms with van der Waals surface area (Å²) < 4.78 is 1.17. The molecule has 0 fully saturated rings. The molecule has 0 atom stereocenters. The number of nitrogens with one attached hydrogen (secondary N) is 1. The van der Waals surface area contributed by atoms with Gasteiger partial charge in [-0.3, -0.25) is 14.3 Å². The molecule has 0 saturated carbocycles. The zero-order valence-electron chi connectivity index (χ0n) is 10.7. The number of thiazole rings is 1. The maximum atomic E-state index is 12.3. The van der Waals surface area contributed by atoms with Crippen LogP contribution in [0.1, 0.15) is 28.8 Å². The number of aromatic nitrogens is 3. The van der Waals surface area contributed by atoms with Gasteiger partial charge in [0.1, 0.15) is 5.15 Å². The summed E-state index contributed by atoms with van der Waals surface area (Å²) in [5.41, 5.74) is -0.340. The molecule has 0 aliphatic heterocycles. The van der Waals surface area contributed by atoms with E-state index in [1.54, 1.807) is 6.20 Å². The van der Waals surface area contributed by atoms with Crippen molar-refractivity contribution in [2.45, 2.75) is 33.2 Å². The van der Waals surface area contributed by atoms with Crippen LogP contribution in [0.5, 0.6) is 0 Å². The van der Waals surface area contributed by atoms with Crippen LogP contribution >= 0.6 is 22.9 Å². The van der Waals surface area contributed by atoms with E-state index in [-0.39, 0.29) is 17.3 Å². The monoisotopic (exact) mass is 299 g/mol. The molecule has 0 spiro atoms. The highest BCUT2D eigenvalue weighted by molar-refractivity contribution is 7.11. The molecule has 5 nitrogen and oxygen atoms in total. The van der Waals surface area contributed by atoms with E-state index in [1.807, 2.05) is 13.8 Å². The number of H-pyrrole nitrogens is 1. The third-order valence-electron chi connectivity index (χ3n) is 2.71. The van der Waals surface area contributed by atoms with E-state index in [1.165, 1.54) is 15.9 Å². The molecule has 2 aromatic rings. The minimum Gasteiger partial charge on any atom is -0.297 e. The SMILES string of the molecule is CCCc1c(Cl)[nH]c(=O)n(Cc2cnc(C)s2)c1=O. The van der Waals surface area contributed by atoms with Crippen molar-refractivity contribution in [2.75, 3.05) is 0 Å². The Hall–Kier alpha value is -1.40.